The van der Waals surface area contributed by atoms with Crippen molar-refractivity contribution in [3.05, 3.63) is 63.6 Å². The molecule has 0 bridgehead atoms. The number of hydrogen-bond acceptors (Lipinski definition) is 5. The molecule has 1 unspecified atom stereocenters. The van der Waals surface area contributed by atoms with E-state index in [0.29, 0.717) is 61.7 Å². The first kappa shape index (κ1) is 31.0. The third kappa shape index (κ3) is 7.11. The minimum Gasteiger partial charge on any atom is -0.436 e. The highest BCUT2D eigenvalue weighted by atomic mass is 35.5. The normalized spacial score (nSPS) is 21.0. The summed E-state index contributed by atoms with van der Waals surface area (Å²) in [6.07, 6.45) is 5.20. The number of rotatable bonds is 6. The van der Waals surface area contributed by atoms with E-state index in [0.717, 1.165) is 49.2 Å². The fourth-order valence-electron chi connectivity index (χ4n) is 7.12. The molecule has 0 aliphatic carbocycles. The number of anilines is 1. The van der Waals surface area contributed by atoms with E-state index in [1.807, 2.05) is 40.1 Å². The van der Waals surface area contributed by atoms with Gasteiger partial charge in [-0.2, -0.15) is 0 Å². The molecule has 4 heterocycles. The quantitative estimate of drug-likeness (QED) is 0.439. The fraction of sp³-hybridized carbons (Fsp3) is 0.545. The number of carbonyl (C=O) groups is 3. The molecule has 0 aromatic heterocycles. The molecule has 3 saturated heterocycles. The van der Waals surface area contributed by atoms with Crippen molar-refractivity contribution in [2.45, 2.75) is 69.6 Å². The Morgan fingerprint density at radius 1 is 0.841 bits per heavy atom. The van der Waals surface area contributed by atoms with Gasteiger partial charge in [-0.25, -0.2) is 9.59 Å². The molecule has 2 aromatic carbocycles. The van der Waals surface area contributed by atoms with Crippen molar-refractivity contribution < 1.29 is 19.1 Å². The zero-order chi connectivity index (χ0) is 30.6. The Morgan fingerprint density at radius 2 is 1.52 bits per heavy atom. The maximum atomic E-state index is 13.8. The largest absolute Gasteiger partial charge is 0.436 e. The molecule has 6 rings (SSSR count). The maximum absolute atomic E-state index is 13.8. The number of likely N-dealkylation sites (tertiary alicyclic amines) is 3. The van der Waals surface area contributed by atoms with Gasteiger partial charge in [-0.05, 0) is 87.4 Å². The fourth-order valence-corrected chi connectivity index (χ4v) is 7.44. The van der Waals surface area contributed by atoms with Crippen LogP contribution in [0.4, 0.5) is 15.3 Å². The minimum absolute atomic E-state index is 0.0268. The van der Waals surface area contributed by atoms with E-state index in [9.17, 15) is 14.4 Å². The van der Waals surface area contributed by atoms with Crippen LogP contribution in [0.3, 0.4) is 0 Å². The molecule has 9 nitrogen and oxygen atoms in total. The van der Waals surface area contributed by atoms with E-state index in [-0.39, 0.29) is 24.4 Å². The highest BCUT2D eigenvalue weighted by Crippen LogP contribution is 2.27. The number of halogens is 2. The van der Waals surface area contributed by atoms with Crippen LogP contribution in [-0.4, -0.2) is 102 Å². The van der Waals surface area contributed by atoms with Gasteiger partial charge in [-0.1, -0.05) is 47.5 Å². The second kappa shape index (κ2) is 14.0. The molecule has 4 amide bonds. The molecular weight excluding hydrogens is 601 g/mol. The number of para-hydroxylation sites is 1. The Bertz CT molecular complexity index is 1350. The third-order valence-electron chi connectivity index (χ3n) is 9.66. The molecule has 11 heteroatoms. The zero-order valence-corrected chi connectivity index (χ0v) is 26.6. The number of fused-ring (bicyclic) bond motifs is 1. The second-order valence-corrected chi connectivity index (χ2v) is 13.2. The van der Waals surface area contributed by atoms with Crippen molar-refractivity contribution >= 4 is 46.9 Å². The lowest BCUT2D eigenvalue weighted by Gasteiger charge is -2.39. The van der Waals surface area contributed by atoms with Crippen molar-refractivity contribution in [2.24, 2.45) is 0 Å². The molecule has 0 saturated carbocycles. The highest BCUT2D eigenvalue weighted by Gasteiger charge is 2.36. The van der Waals surface area contributed by atoms with Crippen LogP contribution in [0, 0.1) is 0 Å². The minimum atomic E-state index is -0.962. The average Bonchev–Trinajstić information content (AvgIpc) is 3.53. The van der Waals surface area contributed by atoms with Gasteiger partial charge in [0.1, 0.15) is 0 Å². The number of ether oxygens (including phenoxy) is 1. The van der Waals surface area contributed by atoms with E-state index in [2.05, 4.69) is 10.2 Å². The van der Waals surface area contributed by atoms with Gasteiger partial charge in [0.2, 0.25) is 0 Å². The number of carbonyl (C=O) groups excluding carboxylic acids is 3. The van der Waals surface area contributed by atoms with E-state index in [1.54, 1.807) is 17.0 Å². The molecule has 4 aliphatic heterocycles. The lowest BCUT2D eigenvalue weighted by atomic mass is 10.0. The molecule has 0 spiro atoms. The van der Waals surface area contributed by atoms with Crippen LogP contribution in [-0.2, 0) is 22.4 Å². The highest BCUT2D eigenvalue weighted by molar-refractivity contribution is 6.42. The van der Waals surface area contributed by atoms with Crippen LogP contribution in [0.1, 0.15) is 49.7 Å². The molecule has 0 radical (unpaired) electrons. The van der Waals surface area contributed by atoms with Crippen LogP contribution in [0.25, 0.3) is 0 Å². The smallest absolute Gasteiger partial charge is 0.410 e. The number of urea groups is 1. The summed E-state index contributed by atoms with van der Waals surface area (Å²) in [4.78, 5) is 48.3. The predicted molar refractivity (Wildman–Crippen MR) is 171 cm³/mol. The maximum Gasteiger partial charge on any atom is 0.410 e. The third-order valence-corrected chi connectivity index (χ3v) is 10.4. The Kier molecular flexibility index (Phi) is 9.83. The van der Waals surface area contributed by atoms with Crippen LogP contribution in [0.15, 0.2) is 42.5 Å². The van der Waals surface area contributed by atoms with Crippen molar-refractivity contribution in [3.8, 4) is 0 Å². The summed E-state index contributed by atoms with van der Waals surface area (Å²) in [6, 6.07) is 13.6. The van der Waals surface area contributed by atoms with Crippen LogP contribution < -0.4 is 5.32 Å². The first-order valence-electron chi connectivity index (χ1n) is 15.9. The molecular formula is C33H41Cl2N5O4. The van der Waals surface area contributed by atoms with Crippen molar-refractivity contribution in [1.29, 1.82) is 0 Å². The lowest BCUT2D eigenvalue weighted by Crippen LogP contribution is -2.52. The molecule has 44 heavy (non-hydrogen) atoms. The van der Waals surface area contributed by atoms with Gasteiger partial charge < -0.3 is 29.7 Å². The van der Waals surface area contributed by atoms with Crippen LogP contribution in [0.2, 0.25) is 10.0 Å². The number of hydrogen-bond donors (Lipinski definition) is 1. The SMILES string of the molecule is O=C(OC(Cc1ccc(Cl)c(Cl)c1)C(=O)N1CCC(N2CCCC2)CC1)N1CCC(N2CCc3ccccc3NC2=O)CC1. The first-order valence-corrected chi connectivity index (χ1v) is 16.7. The Morgan fingerprint density at radius 3 is 2.25 bits per heavy atom. The standard InChI is InChI=1S/C33H41Cl2N5O4/c34-27-8-7-23(21-28(27)35)22-30(31(41)38-16-10-25(11-17-38)37-14-3-4-15-37)44-33(43)39-18-12-26(13-19-39)40-20-9-24-5-1-2-6-29(24)36-32(40)42/h1-2,5-8,21,25-26,30H,3-4,9-20,22H2,(H,36,42). The Balaban J connectivity index is 1.07. The van der Waals surface area contributed by atoms with Crippen LogP contribution >= 0.6 is 23.2 Å². The number of piperidine rings is 2. The molecule has 4 aliphatic rings. The molecule has 1 N–H and O–H groups in total. The van der Waals surface area contributed by atoms with E-state index in [4.69, 9.17) is 27.9 Å². The predicted octanol–water partition coefficient (Wildman–Crippen LogP) is 5.68. The van der Waals surface area contributed by atoms with Crippen molar-refractivity contribution in [3.63, 3.8) is 0 Å². The van der Waals surface area contributed by atoms with Gasteiger partial charge in [0.15, 0.2) is 6.10 Å². The zero-order valence-electron chi connectivity index (χ0n) is 25.1. The van der Waals surface area contributed by atoms with E-state index < -0.39 is 12.2 Å². The van der Waals surface area contributed by atoms with E-state index >= 15 is 0 Å². The number of amides is 4. The van der Waals surface area contributed by atoms with Gasteiger partial charge in [-0.3, -0.25) is 4.79 Å². The molecule has 2 aromatic rings. The van der Waals surface area contributed by atoms with Crippen molar-refractivity contribution in [2.75, 3.05) is 51.1 Å². The van der Waals surface area contributed by atoms with Gasteiger partial charge in [-0.15, -0.1) is 0 Å². The second-order valence-electron chi connectivity index (χ2n) is 12.4. The Hall–Kier alpha value is -3.01. The Labute approximate surface area is 269 Å². The van der Waals surface area contributed by atoms with Crippen molar-refractivity contribution in [1.82, 2.24) is 19.6 Å². The van der Waals surface area contributed by atoms with E-state index in [1.165, 1.54) is 12.8 Å². The summed E-state index contributed by atoms with van der Waals surface area (Å²) in [7, 11) is 0. The van der Waals surface area contributed by atoms with Gasteiger partial charge >= 0.3 is 12.1 Å². The summed E-state index contributed by atoms with van der Waals surface area (Å²) in [5.41, 5.74) is 2.77. The molecule has 236 valence electrons. The summed E-state index contributed by atoms with van der Waals surface area (Å²) >= 11 is 12.4. The average molecular weight is 643 g/mol. The summed E-state index contributed by atoms with van der Waals surface area (Å²) in [5, 5.41) is 3.88. The van der Waals surface area contributed by atoms with Gasteiger partial charge in [0.05, 0.1) is 10.0 Å². The summed E-state index contributed by atoms with van der Waals surface area (Å²) in [5.74, 6) is -0.167. The summed E-state index contributed by atoms with van der Waals surface area (Å²) in [6.45, 7) is 5.13. The molecule has 1 atom stereocenters. The van der Waals surface area contributed by atoms with Crippen LogP contribution in [0.5, 0.6) is 0 Å². The monoisotopic (exact) mass is 641 g/mol. The lowest BCUT2D eigenvalue weighted by molar-refractivity contribution is -0.142. The first-order chi connectivity index (χ1) is 21.4. The number of nitrogens with zero attached hydrogens (tertiary/aromatic N) is 4. The number of nitrogens with one attached hydrogen (secondary N) is 1. The van der Waals surface area contributed by atoms with Gasteiger partial charge in [0, 0.05) is 56.9 Å². The molecule has 3 fully saturated rings. The number of benzene rings is 2. The van der Waals surface area contributed by atoms with Gasteiger partial charge in [0.25, 0.3) is 5.91 Å². The topological polar surface area (TPSA) is 85.4 Å². The summed E-state index contributed by atoms with van der Waals surface area (Å²) < 4.78 is 5.99.